The minimum atomic E-state index is -0.620. The molecule has 134 valence electrons. The smallest absolute Gasteiger partial charge is 0.287 e. The molecule has 1 aliphatic heterocycles. The van der Waals surface area contributed by atoms with E-state index in [1.807, 2.05) is 17.8 Å². The van der Waals surface area contributed by atoms with Gasteiger partial charge in [-0.2, -0.15) is 0 Å². The van der Waals surface area contributed by atoms with Crippen molar-refractivity contribution in [1.29, 1.82) is 0 Å². The summed E-state index contributed by atoms with van der Waals surface area (Å²) in [4.78, 5) is 30.8. The molecule has 2 amide bonds. The normalized spacial score (nSPS) is 16.5. The van der Waals surface area contributed by atoms with E-state index in [4.69, 9.17) is 4.42 Å². The second-order valence-electron chi connectivity index (χ2n) is 6.28. The van der Waals surface area contributed by atoms with Gasteiger partial charge in [-0.25, -0.2) is 4.98 Å². The predicted molar refractivity (Wildman–Crippen MR) is 92.2 cm³/mol. The number of nitrogens with one attached hydrogen (secondary N) is 2. The fourth-order valence-corrected chi connectivity index (χ4v) is 2.95. The number of imidazole rings is 1. The summed E-state index contributed by atoms with van der Waals surface area (Å²) in [6, 6.07) is 2.68. The average Bonchev–Trinajstić information content (AvgIpc) is 3.27. The van der Waals surface area contributed by atoms with Crippen molar-refractivity contribution in [3.63, 3.8) is 0 Å². The first-order valence-corrected chi connectivity index (χ1v) is 8.41. The Hall–Kier alpha value is -2.77. The monoisotopic (exact) mass is 345 g/mol. The number of carbonyl (C=O) groups excluding carboxylic acids is 2. The summed E-state index contributed by atoms with van der Waals surface area (Å²) in [5, 5.41) is 5.65. The zero-order valence-corrected chi connectivity index (χ0v) is 14.4. The third-order valence-corrected chi connectivity index (χ3v) is 4.41. The van der Waals surface area contributed by atoms with Crippen LogP contribution in [0.3, 0.4) is 0 Å². The van der Waals surface area contributed by atoms with Crippen LogP contribution in [0, 0.1) is 0 Å². The first-order valence-electron chi connectivity index (χ1n) is 8.41. The van der Waals surface area contributed by atoms with Gasteiger partial charge in [0.05, 0.1) is 6.26 Å². The van der Waals surface area contributed by atoms with E-state index in [2.05, 4.69) is 20.5 Å². The Morgan fingerprint density at radius 2 is 2.12 bits per heavy atom. The molecular formula is C17H23N5O3. The molecule has 0 unspecified atom stereocenters. The van der Waals surface area contributed by atoms with E-state index in [-0.39, 0.29) is 17.7 Å². The standard InChI is InChI=1S/C17H23N5O3/c1-12(19-16(24)14-4-3-11-25-14)15(23)20-13-5-8-22(9-6-13)17-18-7-10-21(17)2/h3-4,7,10-13H,5-6,8-9H2,1-2H3,(H,19,24)(H,20,23)/t12-/m1/s1. The van der Waals surface area contributed by atoms with Crippen molar-refractivity contribution in [1.82, 2.24) is 20.2 Å². The summed E-state index contributed by atoms with van der Waals surface area (Å²) < 4.78 is 7.02. The van der Waals surface area contributed by atoms with Gasteiger partial charge in [0.2, 0.25) is 11.9 Å². The van der Waals surface area contributed by atoms with Gasteiger partial charge in [0.1, 0.15) is 6.04 Å². The average molecular weight is 345 g/mol. The molecule has 2 N–H and O–H groups in total. The van der Waals surface area contributed by atoms with Crippen molar-refractivity contribution in [3.8, 4) is 0 Å². The van der Waals surface area contributed by atoms with Gasteiger partial charge in [-0.15, -0.1) is 0 Å². The van der Waals surface area contributed by atoms with Crippen LogP contribution in [-0.4, -0.2) is 46.5 Å². The van der Waals surface area contributed by atoms with Crippen molar-refractivity contribution in [3.05, 3.63) is 36.5 Å². The van der Waals surface area contributed by atoms with E-state index in [0.717, 1.165) is 31.9 Å². The summed E-state index contributed by atoms with van der Waals surface area (Å²) in [6.07, 6.45) is 6.82. The number of aromatic nitrogens is 2. The van der Waals surface area contributed by atoms with E-state index in [0.29, 0.717) is 0 Å². The van der Waals surface area contributed by atoms with Crippen molar-refractivity contribution in [2.75, 3.05) is 18.0 Å². The zero-order valence-electron chi connectivity index (χ0n) is 14.4. The highest BCUT2D eigenvalue weighted by Gasteiger charge is 2.25. The lowest BCUT2D eigenvalue weighted by Gasteiger charge is -2.33. The van der Waals surface area contributed by atoms with Gasteiger partial charge in [-0.05, 0) is 31.9 Å². The molecule has 0 radical (unpaired) electrons. The van der Waals surface area contributed by atoms with Gasteiger partial charge < -0.3 is 24.5 Å². The molecule has 0 spiro atoms. The molecule has 8 heteroatoms. The fraction of sp³-hybridized carbons (Fsp3) is 0.471. The minimum Gasteiger partial charge on any atom is -0.459 e. The Balaban J connectivity index is 1.46. The van der Waals surface area contributed by atoms with Crippen LogP contribution in [0.2, 0.25) is 0 Å². The Kier molecular flexibility index (Phi) is 5.06. The predicted octanol–water partition coefficient (Wildman–Crippen LogP) is 0.917. The van der Waals surface area contributed by atoms with E-state index >= 15 is 0 Å². The number of carbonyl (C=O) groups is 2. The molecule has 0 bridgehead atoms. The van der Waals surface area contributed by atoms with Crippen molar-refractivity contribution < 1.29 is 14.0 Å². The summed E-state index contributed by atoms with van der Waals surface area (Å²) in [6.45, 7) is 3.34. The van der Waals surface area contributed by atoms with Gasteiger partial charge in [-0.3, -0.25) is 9.59 Å². The molecular weight excluding hydrogens is 322 g/mol. The van der Waals surface area contributed by atoms with Crippen LogP contribution < -0.4 is 15.5 Å². The first-order chi connectivity index (χ1) is 12.0. The maximum atomic E-state index is 12.3. The van der Waals surface area contributed by atoms with Gasteiger partial charge in [-0.1, -0.05) is 0 Å². The van der Waals surface area contributed by atoms with E-state index in [1.165, 1.54) is 6.26 Å². The van der Waals surface area contributed by atoms with Crippen LogP contribution in [0.25, 0.3) is 0 Å². The number of rotatable bonds is 5. The zero-order chi connectivity index (χ0) is 17.8. The fourth-order valence-electron chi connectivity index (χ4n) is 2.95. The topological polar surface area (TPSA) is 92.4 Å². The lowest BCUT2D eigenvalue weighted by atomic mass is 10.0. The molecule has 1 fully saturated rings. The Labute approximate surface area is 146 Å². The number of anilines is 1. The van der Waals surface area contributed by atoms with Crippen LogP contribution >= 0.6 is 0 Å². The van der Waals surface area contributed by atoms with Gasteiger partial charge in [0.15, 0.2) is 5.76 Å². The van der Waals surface area contributed by atoms with Crippen LogP contribution in [-0.2, 0) is 11.8 Å². The molecule has 25 heavy (non-hydrogen) atoms. The number of furan rings is 1. The summed E-state index contributed by atoms with van der Waals surface area (Å²) in [5.74, 6) is 0.569. The molecule has 1 atom stereocenters. The van der Waals surface area contributed by atoms with Crippen molar-refractivity contribution in [2.24, 2.45) is 7.05 Å². The minimum absolute atomic E-state index is 0.104. The quantitative estimate of drug-likeness (QED) is 0.841. The Morgan fingerprint density at radius 1 is 1.36 bits per heavy atom. The molecule has 2 aromatic rings. The number of aryl methyl sites for hydroxylation is 1. The Bertz CT molecular complexity index is 716. The van der Waals surface area contributed by atoms with E-state index in [1.54, 1.807) is 25.3 Å². The summed E-state index contributed by atoms with van der Waals surface area (Å²) >= 11 is 0. The number of hydrogen-bond donors (Lipinski definition) is 2. The van der Waals surface area contributed by atoms with Gasteiger partial charge >= 0.3 is 0 Å². The van der Waals surface area contributed by atoms with Crippen molar-refractivity contribution in [2.45, 2.75) is 31.8 Å². The molecule has 3 rings (SSSR count). The van der Waals surface area contributed by atoms with Crippen molar-refractivity contribution >= 4 is 17.8 Å². The van der Waals surface area contributed by atoms with Crippen LogP contribution in [0.1, 0.15) is 30.3 Å². The number of amides is 2. The largest absolute Gasteiger partial charge is 0.459 e. The molecule has 0 aromatic carbocycles. The van der Waals surface area contributed by atoms with E-state index < -0.39 is 11.9 Å². The second-order valence-corrected chi connectivity index (χ2v) is 6.28. The van der Waals surface area contributed by atoms with Crippen LogP contribution in [0.4, 0.5) is 5.95 Å². The third-order valence-electron chi connectivity index (χ3n) is 4.41. The molecule has 2 aromatic heterocycles. The summed E-state index contributed by atoms with van der Waals surface area (Å²) in [7, 11) is 1.97. The Morgan fingerprint density at radius 3 is 2.72 bits per heavy atom. The maximum Gasteiger partial charge on any atom is 0.287 e. The molecule has 0 aliphatic carbocycles. The summed E-state index contributed by atoms with van der Waals surface area (Å²) in [5.41, 5.74) is 0. The maximum absolute atomic E-state index is 12.3. The lowest BCUT2D eigenvalue weighted by Crippen LogP contribution is -2.51. The highest BCUT2D eigenvalue weighted by atomic mass is 16.3. The molecule has 0 saturated carbocycles. The number of nitrogens with zero attached hydrogens (tertiary/aromatic N) is 3. The number of piperidine rings is 1. The molecule has 1 aliphatic rings. The number of hydrogen-bond acceptors (Lipinski definition) is 5. The highest BCUT2D eigenvalue weighted by Crippen LogP contribution is 2.17. The third kappa shape index (κ3) is 4.01. The van der Waals surface area contributed by atoms with Crippen LogP contribution in [0.5, 0.6) is 0 Å². The highest BCUT2D eigenvalue weighted by molar-refractivity contribution is 5.95. The van der Waals surface area contributed by atoms with Crippen LogP contribution in [0.15, 0.2) is 35.2 Å². The second kappa shape index (κ2) is 7.42. The lowest BCUT2D eigenvalue weighted by molar-refractivity contribution is -0.123. The molecule has 3 heterocycles. The molecule has 8 nitrogen and oxygen atoms in total. The SMILES string of the molecule is C[C@@H](NC(=O)c1ccco1)C(=O)NC1CCN(c2nccn2C)CC1. The van der Waals surface area contributed by atoms with Gasteiger partial charge in [0, 0.05) is 38.6 Å². The van der Waals surface area contributed by atoms with Gasteiger partial charge in [0.25, 0.3) is 5.91 Å². The molecule has 1 saturated heterocycles. The van der Waals surface area contributed by atoms with E-state index in [9.17, 15) is 9.59 Å². The first kappa shape index (κ1) is 17.1.